The molecule has 116 valence electrons. The minimum atomic E-state index is -0.194. The van der Waals surface area contributed by atoms with Gasteiger partial charge in [-0.1, -0.05) is 18.2 Å². The van der Waals surface area contributed by atoms with E-state index in [1.54, 1.807) is 0 Å². The van der Waals surface area contributed by atoms with Crippen molar-refractivity contribution in [2.45, 2.75) is 45.2 Å². The maximum atomic E-state index is 12.1. The molecule has 0 bridgehead atoms. The molecule has 1 heterocycles. The Morgan fingerprint density at radius 2 is 1.90 bits per heavy atom. The molecule has 1 aromatic rings. The lowest BCUT2D eigenvalue weighted by molar-refractivity contribution is -0.118. The van der Waals surface area contributed by atoms with Gasteiger partial charge in [-0.15, -0.1) is 0 Å². The average Bonchev–Trinajstić information content (AvgIpc) is 2.49. The molecule has 0 saturated carbocycles. The maximum absolute atomic E-state index is 12.1. The van der Waals surface area contributed by atoms with Crippen molar-refractivity contribution in [2.24, 2.45) is 5.92 Å². The third-order valence-electron chi connectivity index (χ3n) is 4.00. The molecule has 2 N–H and O–H groups in total. The second-order valence-electron chi connectivity index (χ2n) is 5.94. The highest BCUT2D eigenvalue weighted by Crippen LogP contribution is 2.20. The first-order valence-corrected chi connectivity index (χ1v) is 7.85. The zero-order chi connectivity index (χ0) is 15.1. The zero-order valence-electron chi connectivity index (χ0n) is 13.0. The van der Waals surface area contributed by atoms with E-state index in [1.165, 1.54) is 0 Å². The minimum Gasteiger partial charge on any atom is -0.381 e. The van der Waals surface area contributed by atoms with E-state index in [2.05, 4.69) is 17.6 Å². The summed E-state index contributed by atoms with van der Waals surface area (Å²) in [7, 11) is 0. The lowest BCUT2D eigenvalue weighted by atomic mass is 9.93. The molecular formula is C17H26N2O2. The number of carbonyl (C=O) groups excluding carboxylic acids is 1. The molecule has 4 heteroatoms. The highest BCUT2D eigenvalue weighted by atomic mass is 16.5. The molecule has 1 fully saturated rings. The van der Waals surface area contributed by atoms with Crippen molar-refractivity contribution >= 4 is 11.6 Å². The molecule has 1 aromatic carbocycles. The molecule has 1 amide bonds. The Balaban J connectivity index is 1.74. The van der Waals surface area contributed by atoms with E-state index in [9.17, 15) is 4.79 Å². The van der Waals surface area contributed by atoms with Crippen LogP contribution in [0.5, 0.6) is 0 Å². The predicted octanol–water partition coefficient (Wildman–Crippen LogP) is 2.81. The van der Waals surface area contributed by atoms with Crippen molar-refractivity contribution in [3.05, 3.63) is 30.3 Å². The van der Waals surface area contributed by atoms with Crippen LogP contribution in [0.2, 0.25) is 0 Å². The quantitative estimate of drug-likeness (QED) is 0.847. The summed E-state index contributed by atoms with van der Waals surface area (Å²) in [6.07, 6.45) is 3.37. The summed E-state index contributed by atoms with van der Waals surface area (Å²) in [5, 5.41) is 6.32. The highest BCUT2D eigenvalue weighted by molar-refractivity contribution is 5.94. The van der Waals surface area contributed by atoms with Gasteiger partial charge in [0.1, 0.15) is 0 Å². The fourth-order valence-electron chi connectivity index (χ4n) is 2.82. The SMILES string of the molecule is C[C@@H](CC1CCOCC1)N[C@H](C)C(=O)Nc1ccccc1. The topological polar surface area (TPSA) is 50.4 Å². The second kappa shape index (κ2) is 8.15. The predicted molar refractivity (Wildman–Crippen MR) is 85.3 cm³/mol. The molecule has 0 spiro atoms. The summed E-state index contributed by atoms with van der Waals surface area (Å²) in [5.41, 5.74) is 0.841. The number of amides is 1. The van der Waals surface area contributed by atoms with Crippen molar-refractivity contribution < 1.29 is 9.53 Å². The van der Waals surface area contributed by atoms with Gasteiger partial charge in [0.25, 0.3) is 0 Å². The van der Waals surface area contributed by atoms with Crippen LogP contribution in [0.3, 0.4) is 0 Å². The van der Waals surface area contributed by atoms with Crippen LogP contribution in [0.4, 0.5) is 5.69 Å². The van der Waals surface area contributed by atoms with Crippen LogP contribution in [0.25, 0.3) is 0 Å². The molecule has 0 unspecified atom stereocenters. The molecule has 1 saturated heterocycles. The van der Waals surface area contributed by atoms with Gasteiger partial charge < -0.3 is 15.4 Å². The third-order valence-corrected chi connectivity index (χ3v) is 4.00. The number of ether oxygens (including phenoxy) is 1. The first-order valence-electron chi connectivity index (χ1n) is 7.85. The van der Waals surface area contributed by atoms with Crippen LogP contribution < -0.4 is 10.6 Å². The van der Waals surface area contributed by atoms with Crippen LogP contribution in [-0.2, 0) is 9.53 Å². The van der Waals surface area contributed by atoms with E-state index in [4.69, 9.17) is 4.74 Å². The van der Waals surface area contributed by atoms with Crippen LogP contribution >= 0.6 is 0 Å². The molecule has 0 aliphatic carbocycles. The number of carbonyl (C=O) groups is 1. The number of hydrogen-bond acceptors (Lipinski definition) is 3. The van der Waals surface area contributed by atoms with Crippen molar-refractivity contribution in [1.29, 1.82) is 0 Å². The molecule has 21 heavy (non-hydrogen) atoms. The number of anilines is 1. The van der Waals surface area contributed by atoms with Gasteiger partial charge in [0.2, 0.25) is 5.91 Å². The molecule has 0 radical (unpaired) electrons. The molecule has 1 aliphatic rings. The Hall–Kier alpha value is -1.39. The smallest absolute Gasteiger partial charge is 0.241 e. The van der Waals surface area contributed by atoms with Crippen LogP contribution in [-0.4, -0.2) is 31.2 Å². The first kappa shape index (κ1) is 16.0. The summed E-state index contributed by atoms with van der Waals surface area (Å²) < 4.78 is 5.38. The van der Waals surface area contributed by atoms with Crippen molar-refractivity contribution in [2.75, 3.05) is 18.5 Å². The van der Waals surface area contributed by atoms with Gasteiger partial charge in [-0.05, 0) is 51.2 Å². The van der Waals surface area contributed by atoms with E-state index in [0.717, 1.165) is 38.2 Å². The monoisotopic (exact) mass is 290 g/mol. The van der Waals surface area contributed by atoms with E-state index in [1.807, 2.05) is 37.3 Å². The zero-order valence-corrected chi connectivity index (χ0v) is 13.0. The Morgan fingerprint density at radius 1 is 1.24 bits per heavy atom. The largest absolute Gasteiger partial charge is 0.381 e. The molecular weight excluding hydrogens is 264 g/mol. The maximum Gasteiger partial charge on any atom is 0.241 e. The summed E-state index contributed by atoms with van der Waals surface area (Å²) >= 11 is 0. The van der Waals surface area contributed by atoms with E-state index in [0.29, 0.717) is 12.0 Å². The fourth-order valence-corrected chi connectivity index (χ4v) is 2.82. The standard InChI is InChI=1S/C17H26N2O2/c1-13(12-15-8-10-21-11-9-15)18-14(2)17(20)19-16-6-4-3-5-7-16/h3-7,13-15,18H,8-12H2,1-2H3,(H,19,20)/t13-,14+/m0/s1. The third kappa shape index (κ3) is 5.48. The fraction of sp³-hybridized carbons (Fsp3) is 0.588. The van der Waals surface area contributed by atoms with Crippen molar-refractivity contribution in [3.8, 4) is 0 Å². The number of hydrogen-bond donors (Lipinski definition) is 2. The van der Waals surface area contributed by atoms with E-state index < -0.39 is 0 Å². The first-order chi connectivity index (χ1) is 10.1. The second-order valence-corrected chi connectivity index (χ2v) is 5.94. The van der Waals surface area contributed by atoms with Gasteiger partial charge >= 0.3 is 0 Å². The Morgan fingerprint density at radius 3 is 2.57 bits per heavy atom. The van der Waals surface area contributed by atoms with E-state index in [-0.39, 0.29) is 11.9 Å². The lowest BCUT2D eigenvalue weighted by Gasteiger charge is -2.27. The van der Waals surface area contributed by atoms with Crippen LogP contribution in [0, 0.1) is 5.92 Å². The number of rotatable bonds is 6. The Kier molecular flexibility index (Phi) is 6.21. The van der Waals surface area contributed by atoms with E-state index >= 15 is 0 Å². The molecule has 4 nitrogen and oxygen atoms in total. The van der Waals surface area contributed by atoms with Crippen molar-refractivity contribution in [3.63, 3.8) is 0 Å². The molecule has 2 atom stereocenters. The van der Waals surface area contributed by atoms with Crippen molar-refractivity contribution in [1.82, 2.24) is 5.32 Å². The van der Waals surface area contributed by atoms with Gasteiger partial charge in [-0.3, -0.25) is 4.79 Å². The van der Waals surface area contributed by atoms with Gasteiger partial charge in [0.05, 0.1) is 6.04 Å². The molecule has 1 aliphatic heterocycles. The summed E-state index contributed by atoms with van der Waals surface area (Å²) in [6, 6.07) is 9.72. The van der Waals surface area contributed by atoms with Gasteiger partial charge in [-0.25, -0.2) is 0 Å². The number of benzene rings is 1. The number of para-hydroxylation sites is 1. The Bertz CT molecular complexity index is 430. The minimum absolute atomic E-state index is 0.0139. The van der Waals surface area contributed by atoms with Crippen LogP contribution in [0.15, 0.2) is 30.3 Å². The van der Waals surface area contributed by atoms with Gasteiger partial charge in [0.15, 0.2) is 0 Å². The summed E-state index contributed by atoms with van der Waals surface area (Å²) in [5.74, 6) is 0.727. The summed E-state index contributed by atoms with van der Waals surface area (Å²) in [6.45, 7) is 5.82. The summed E-state index contributed by atoms with van der Waals surface area (Å²) in [4.78, 5) is 12.1. The van der Waals surface area contributed by atoms with Gasteiger partial charge in [0, 0.05) is 24.9 Å². The Labute approximate surface area is 127 Å². The highest BCUT2D eigenvalue weighted by Gasteiger charge is 2.20. The molecule has 0 aromatic heterocycles. The molecule has 2 rings (SSSR count). The van der Waals surface area contributed by atoms with Crippen LogP contribution in [0.1, 0.15) is 33.1 Å². The normalized spacial score (nSPS) is 19.0. The average molecular weight is 290 g/mol. The van der Waals surface area contributed by atoms with Gasteiger partial charge in [-0.2, -0.15) is 0 Å². The number of nitrogens with one attached hydrogen (secondary N) is 2. The lowest BCUT2D eigenvalue weighted by Crippen LogP contribution is -2.43.